The van der Waals surface area contributed by atoms with Crippen molar-refractivity contribution in [3.8, 4) is 5.75 Å². The smallest absolute Gasteiger partial charge is 0.170 e. The molecule has 20 heavy (non-hydrogen) atoms. The number of hydrogen-bond acceptors (Lipinski definition) is 4. The van der Waals surface area contributed by atoms with Crippen LogP contribution in [0.15, 0.2) is 24.5 Å². The van der Waals surface area contributed by atoms with Crippen LogP contribution in [0.1, 0.15) is 24.2 Å². The van der Waals surface area contributed by atoms with Gasteiger partial charge in [0.1, 0.15) is 24.5 Å². The second kappa shape index (κ2) is 5.58. The Morgan fingerprint density at radius 2 is 2.30 bits per heavy atom. The fourth-order valence-corrected chi connectivity index (χ4v) is 1.95. The number of aromatic nitrogens is 3. The molecule has 1 saturated carbocycles. The Kier molecular flexibility index (Phi) is 3.64. The quantitative estimate of drug-likeness (QED) is 0.874. The summed E-state index contributed by atoms with van der Waals surface area (Å²) in [7, 11) is 1.86. The lowest BCUT2D eigenvalue weighted by atomic mass is 10.2. The maximum atomic E-state index is 13.4. The van der Waals surface area contributed by atoms with E-state index in [9.17, 15) is 4.39 Å². The highest BCUT2D eigenvalue weighted by Gasteiger charge is 2.20. The third-order valence-corrected chi connectivity index (χ3v) is 3.34. The van der Waals surface area contributed by atoms with Crippen LogP contribution in [-0.4, -0.2) is 20.8 Å². The second-order valence-electron chi connectivity index (χ2n) is 5.05. The van der Waals surface area contributed by atoms with E-state index >= 15 is 0 Å². The zero-order valence-corrected chi connectivity index (χ0v) is 11.3. The molecule has 2 aromatic rings. The summed E-state index contributed by atoms with van der Waals surface area (Å²) in [5, 5.41) is 11.1. The minimum absolute atomic E-state index is 0.247. The standard InChI is InChI=1S/C14H17FN4O/c1-19-9-17-18-14(19)8-20-13-5-2-11(15)6-10(13)7-16-12-3-4-12/h2,5-6,9,12,16H,3-4,7-8H2,1H3. The molecule has 0 bridgehead atoms. The Labute approximate surface area is 116 Å². The van der Waals surface area contributed by atoms with Crippen LogP contribution in [-0.2, 0) is 20.2 Å². The maximum Gasteiger partial charge on any atom is 0.170 e. The monoisotopic (exact) mass is 276 g/mol. The lowest BCUT2D eigenvalue weighted by Gasteiger charge is -2.12. The van der Waals surface area contributed by atoms with E-state index in [2.05, 4.69) is 15.5 Å². The van der Waals surface area contributed by atoms with Crippen molar-refractivity contribution in [2.75, 3.05) is 0 Å². The molecular formula is C14H17FN4O. The summed E-state index contributed by atoms with van der Waals surface area (Å²) in [6, 6.07) is 5.16. The number of nitrogens with zero attached hydrogens (tertiary/aromatic N) is 3. The number of hydrogen-bond donors (Lipinski definition) is 1. The van der Waals surface area contributed by atoms with Gasteiger partial charge in [-0.15, -0.1) is 10.2 Å². The molecule has 1 N–H and O–H groups in total. The zero-order valence-electron chi connectivity index (χ0n) is 11.3. The Morgan fingerprint density at radius 1 is 1.45 bits per heavy atom. The summed E-state index contributed by atoms with van der Waals surface area (Å²) < 4.78 is 20.9. The molecule has 1 aliphatic rings. The number of rotatable bonds is 6. The van der Waals surface area contributed by atoms with Crippen molar-refractivity contribution in [2.24, 2.45) is 7.05 Å². The first-order valence-corrected chi connectivity index (χ1v) is 6.70. The average Bonchev–Trinajstić information content (AvgIpc) is 3.18. The molecule has 0 spiro atoms. The Bertz CT molecular complexity index is 595. The number of benzene rings is 1. The predicted octanol–water partition coefficient (Wildman–Crippen LogP) is 1.79. The molecule has 0 unspecified atom stereocenters. The first-order valence-electron chi connectivity index (χ1n) is 6.70. The van der Waals surface area contributed by atoms with Crippen LogP contribution in [0.2, 0.25) is 0 Å². The fraction of sp³-hybridized carbons (Fsp3) is 0.429. The van der Waals surface area contributed by atoms with Crippen LogP contribution >= 0.6 is 0 Å². The number of nitrogens with one attached hydrogen (secondary N) is 1. The van der Waals surface area contributed by atoms with Crippen LogP contribution < -0.4 is 10.1 Å². The van der Waals surface area contributed by atoms with E-state index in [-0.39, 0.29) is 5.82 Å². The first kappa shape index (κ1) is 13.1. The average molecular weight is 276 g/mol. The molecule has 0 atom stereocenters. The van der Waals surface area contributed by atoms with E-state index < -0.39 is 0 Å². The van der Waals surface area contributed by atoms with Gasteiger partial charge < -0.3 is 14.6 Å². The SMILES string of the molecule is Cn1cnnc1COc1ccc(F)cc1CNC1CC1. The first-order chi connectivity index (χ1) is 9.72. The molecule has 0 radical (unpaired) electrons. The van der Waals surface area contributed by atoms with Crippen molar-refractivity contribution >= 4 is 0 Å². The molecule has 0 saturated heterocycles. The van der Waals surface area contributed by atoms with Gasteiger partial charge in [-0.3, -0.25) is 0 Å². The zero-order chi connectivity index (χ0) is 13.9. The van der Waals surface area contributed by atoms with E-state index in [1.54, 1.807) is 17.0 Å². The molecular weight excluding hydrogens is 259 g/mol. The Morgan fingerprint density at radius 3 is 3.00 bits per heavy atom. The molecule has 0 aliphatic heterocycles. The molecule has 1 heterocycles. The van der Waals surface area contributed by atoms with Gasteiger partial charge in [-0.1, -0.05) is 0 Å². The summed E-state index contributed by atoms with van der Waals surface area (Å²) in [5.41, 5.74) is 0.832. The summed E-state index contributed by atoms with van der Waals surface area (Å²) in [6.07, 6.45) is 4.02. The number of halogens is 1. The van der Waals surface area contributed by atoms with Crippen molar-refractivity contribution in [3.63, 3.8) is 0 Å². The molecule has 0 amide bonds. The van der Waals surface area contributed by atoms with Gasteiger partial charge in [0.05, 0.1) is 0 Å². The maximum absolute atomic E-state index is 13.4. The Hall–Kier alpha value is -1.95. The van der Waals surface area contributed by atoms with Gasteiger partial charge in [0.2, 0.25) is 0 Å². The summed E-state index contributed by atoms with van der Waals surface area (Å²) in [5.74, 6) is 1.17. The molecule has 1 aromatic carbocycles. The lowest BCUT2D eigenvalue weighted by Crippen LogP contribution is -2.16. The van der Waals surface area contributed by atoms with Gasteiger partial charge in [-0.2, -0.15) is 0 Å². The van der Waals surface area contributed by atoms with E-state index in [0.29, 0.717) is 24.9 Å². The molecule has 3 rings (SSSR count). The number of ether oxygens (including phenoxy) is 1. The molecule has 6 heteroatoms. The molecule has 1 aliphatic carbocycles. The van der Waals surface area contributed by atoms with Crippen molar-refractivity contribution in [1.82, 2.24) is 20.1 Å². The van der Waals surface area contributed by atoms with E-state index in [1.807, 2.05) is 7.05 Å². The normalized spacial score (nSPS) is 14.5. The largest absolute Gasteiger partial charge is 0.485 e. The van der Waals surface area contributed by atoms with Crippen molar-refractivity contribution in [1.29, 1.82) is 0 Å². The van der Waals surface area contributed by atoms with Crippen molar-refractivity contribution in [3.05, 3.63) is 41.7 Å². The summed E-state index contributed by atoms with van der Waals surface area (Å²) in [4.78, 5) is 0. The van der Waals surface area contributed by atoms with Gasteiger partial charge >= 0.3 is 0 Å². The van der Waals surface area contributed by atoms with Gasteiger partial charge in [0.25, 0.3) is 0 Å². The number of aryl methyl sites for hydroxylation is 1. The topological polar surface area (TPSA) is 52.0 Å². The van der Waals surface area contributed by atoms with E-state index in [0.717, 1.165) is 11.4 Å². The summed E-state index contributed by atoms with van der Waals surface area (Å²) >= 11 is 0. The van der Waals surface area contributed by atoms with E-state index in [1.165, 1.54) is 25.0 Å². The highest BCUT2D eigenvalue weighted by atomic mass is 19.1. The van der Waals surface area contributed by atoms with Gasteiger partial charge in [-0.05, 0) is 31.0 Å². The molecule has 106 valence electrons. The van der Waals surface area contributed by atoms with Crippen LogP contribution in [0.5, 0.6) is 5.75 Å². The molecule has 1 fully saturated rings. The lowest BCUT2D eigenvalue weighted by molar-refractivity contribution is 0.287. The van der Waals surface area contributed by atoms with E-state index in [4.69, 9.17) is 4.74 Å². The van der Waals surface area contributed by atoms with Crippen LogP contribution in [0.3, 0.4) is 0 Å². The molecule has 5 nitrogen and oxygen atoms in total. The van der Waals surface area contributed by atoms with Gasteiger partial charge in [0, 0.05) is 25.2 Å². The second-order valence-corrected chi connectivity index (χ2v) is 5.05. The van der Waals surface area contributed by atoms with Gasteiger partial charge in [0.15, 0.2) is 5.82 Å². The van der Waals surface area contributed by atoms with Crippen molar-refractivity contribution < 1.29 is 9.13 Å². The van der Waals surface area contributed by atoms with Crippen LogP contribution in [0.25, 0.3) is 0 Å². The van der Waals surface area contributed by atoms with Crippen LogP contribution in [0.4, 0.5) is 4.39 Å². The van der Waals surface area contributed by atoms with Gasteiger partial charge in [-0.25, -0.2) is 4.39 Å². The predicted molar refractivity (Wildman–Crippen MR) is 71.6 cm³/mol. The van der Waals surface area contributed by atoms with Crippen molar-refractivity contribution in [2.45, 2.75) is 32.0 Å². The Balaban J connectivity index is 1.68. The minimum Gasteiger partial charge on any atom is -0.485 e. The summed E-state index contributed by atoms with van der Waals surface area (Å²) in [6.45, 7) is 0.940. The van der Waals surface area contributed by atoms with Crippen LogP contribution in [0, 0.1) is 5.82 Å². The third kappa shape index (κ3) is 3.14. The fourth-order valence-electron chi connectivity index (χ4n) is 1.95. The molecule has 1 aromatic heterocycles. The third-order valence-electron chi connectivity index (χ3n) is 3.34. The highest BCUT2D eigenvalue weighted by Crippen LogP contribution is 2.24. The minimum atomic E-state index is -0.247. The highest BCUT2D eigenvalue weighted by molar-refractivity contribution is 5.34.